The van der Waals surface area contributed by atoms with Crippen LogP contribution in [0.2, 0.25) is 0 Å². The first-order chi connectivity index (χ1) is 10.9. The van der Waals surface area contributed by atoms with Crippen LogP contribution in [0.5, 0.6) is 0 Å². The molecule has 0 radical (unpaired) electrons. The molecule has 0 spiro atoms. The molecule has 1 fully saturated rings. The Kier molecular flexibility index (Phi) is 4.44. The zero-order valence-corrected chi connectivity index (χ0v) is 14.3. The molecule has 124 valence electrons. The topological polar surface area (TPSA) is 53.1 Å². The molecule has 0 saturated heterocycles. The van der Waals surface area contributed by atoms with E-state index in [-0.39, 0.29) is 17.6 Å². The number of anilines is 1. The lowest BCUT2D eigenvalue weighted by Gasteiger charge is -2.27. The second-order valence-electron chi connectivity index (χ2n) is 7.48. The van der Waals surface area contributed by atoms with E-state index in [2.05, 4.69) is 54.8 Å². The largest absolute Gasteiger partial charge is 0.382 e. The van der Waals surface area contributed by atoms with E-state index in [0.29, 0.717) is 12.4 Å². The van der Waals surface area contributed by atoms with Crippen molar-refractivity contribution in [2.75, 3.05) is 5.73 Å². The zero-order chi connectivity index (χ0) is 16.4. The first kappa shape index (κ1) is 16.1. The minimum absolute atomic E-state index is 0.0250. The Morgan fingerprint density at radius 3 is 2.65 bits per heavy atom. The summed E-state index contributed by atoms with van der Waals surface area (Å²) < 4.78 is 8.35. The molecule has 2 N–H and O–H groups in total. The smallest absolute Gasteiger partial charge is 0.145 e. The van der Waals surface area contributed by atoms with Crippen molar-refractivity contribution in [1.82, 2.24) is 9.78 Å². The third-order valence-corrected chi connectivity index (χ3v) is 4.56. The van der Waals surface area contributed by atoms with Crippen molar-refractivity contribution < 1.29 is 4.74 Å². The van der Waals surface area contributed by atoms with Crippen LogP contribution in [-0.4, -0.2) is 15.9 Å². The molecule has 1 aliphatic carbocycles. The third kappa shape index (κ3) is 3.58. The molecule has 3 rings (SSSR count). The van der Waals surface area contributed by atoms with E-state index in [1.807, 2.05) is 12.1 Å². The molecule has 0 bridgehead atoms. The molecule has 1 heterocycles. The number of nitrogens with two attached hydrogens (primary N) is 1. The maximum atomic E-state index is 6.23. The van der Waals surface area contributed by atoms with Gasteiger partial charge in [0.25, 0.3) is 0 Å². The van der Waals surface area contributed by atoms with Crippen molar-refractivity contribution in [2.45, 2.75) is 64.2 Å². The van der Waals surface area contributed by atoms with Crippen LogP contribution in [0.1, 0.15) is 57.3 Å². The SMILES string of the molecule is CC(C)(C)c1cc(N)nn1C1CCC[C@H]1OCc1ccccc1. The van der Waals surface area contributed by atoms with Crippen molar-refractivity contribution in [3.8, 4) is 0 Å². The van der Waals surface area contributed by atoms with Crippen molar-refractivity contribution in [2.24, 2.45) is 0 Å². The number of nitrogens with zero attached hydrogens (tertiary/aromatic N) is 2. The molecule has 4 heteroatoms. The Balaban J connectivity index is 1.77. The van der Waals surface area contributed by atoms with Gasteiger partial charge in [-0.25, -0.2) is 0 Å². The van der Waals surface area contributed by atoms with Gasteiger partial charge in [0.1, 0.15) is 5.82 Å². The molecule has 4 nitrogen and oxygen atoms in total. The van der Waals surface area contributed by atoms with E-state index in [0.717, 1.165) is 12.8 Å². The van der Waals surface area contributed by atoms with Gasteiger partial charge in [-0.1, -0.05) is 51.1 Å². The normalized spacial score (nSPS) is 21.7. The quantitative estimate of drug-likeness (QED) is 0.925. The van der Waals surface area contributed by atoms with E-state index in [1.165, 1.54) is 17.7 Å². The molecule has 0 aliphatic heterocycles. The Hall–Kier alpha value is -1.81. The number of hydrogen-bond acceptors (Lipinski definition) is 3. The molecule has 1 aromatic heterocycles. The monoisotopic (exact) mass is 313 g/mol. The van der Waals surface area contributed by atoms with E-state index in [1.54, 1.807) is 0 Å². The summed E-state index contributed by atoms with van der Waals surface area (Å²) in [5.41, 5.74) is 8.41. The van der Waals surface area contributed by atoms with Gasteiger partial charge in [-0.3, -0.25) is 4.68 Å². The van der Waals surface area contributed by atoms with Crippen LogP contribution >= 0.6 is 0 Å². The highest BCUT2D eigenvalue weighted by Crippen LogP contribution is 2.36. The highest BCUT2D eigenvalue weighted by molar-refractivity contribution is 5.33. The van der Waals surface area contributed by atoms with Crippen LogP contribution in [0.3, 0.4) is 0 Å². The fraction of sp³-hybridized carbons (Fsp3) is 0.526. The van der Waals surface area contributed by atoms with E-state index in [4.69, 9.17) is 10.5 Å². The van der Waals surface area contributed by atoms with Gasteiger partial charge in [0.2, 0.25) is 0 Å². The van der Waals surface area contributed by atoms with Gasteiger partial charge in [0, 0.05) is 17.2 Å². The fourth-order valence-electron chi connectivity index (χ4n) is 3.38. The second kappa shape index (κ2) is 6.36. The highest BCUT2D eigenvalue weighted by atomic mass is 16.5. The second-order valence-corrected chi connectivity index (χ2v) is 7.48. The summed E-state index contributed by atoms with van der Waals surface area (Å²) >= 11 is 0. The van der Waals surface area contributed by atoms with Gasteiger partial charge < -0.3 is 10.5 Å². The average molecular weight is 313 g/mol. The van der Waals surface area contributed by atoms with Crippen LogP contribution in [0.15, 0.2) is 36.4 Å². The van der Waals surface area contributed by atoms with Crippen molar-refractivity contribution in [3.63, 3.8) is 0 Å². The molecular formula is C19H27N3O. The number of aromatic nitrogens is 2. The summed E-state index contributed by atoms with van der Waals surface area (Å²) in [7, 11) is 0. The molecule has 1 aliphatic rings. The maximum Gasteiger partial charge on any atom is 0.145 e. The number of ether oxygens (including phenoxy) is 1. The zero-order valence-electron chi connectivity index (χ0n) is 14.3. The first-order valence-electron chi connectivity index (χ1n) is 8.46. The Labute approximate surface area is 138 Å². The van der Waals surface area contributed by atoms with Gasteiger partial charge in [-0.2, -0.15) is 5.10 Å². The number of rotatable bonds is 4. The summed E-state index contributed by atoms with van der Waals surface area (Å²) in [6.45, 7) is 7.27. The number of nitrogen functional groups attached to an aromatic ring is 1. The average Bonchev–Trinajstić information content (AvgIpc) is 3.11. The molecular weight excluding hydrogens is 286 g/mol. The highest BCUT2D eigenvalue weighted by Gasteiger charge is 2.34. The Morgan fingerprint density at radius 1 is 1.22 bits per heavy atom. The van der Waals surface area contributed by atoms with Crippen LogP contribution < -0.4 is 5.73 Å². The maximum absolute atomic E-state index is 6.23. The Morgan fingerprint density at radius 2 is 1.96 bits per heavy atom. The van der Waals surface area contributed by atoms with Gasteiger partial charge >= 0.3 is 0 Å². The molecule has 2 aromatic rings. The van der Waals surface area contributed by atoms with Gasteiger partial charge in [0.15, 0.2) is 0 Å². The van der Waals surface area contributed by atoms with Crippen LogP contribution in [0.4, 0.5) is 5.82 Å². The van der Waals surface area contributed by atoms with Crippen LogP contribution in [-0.2, 0) is 16.8 Å². The van der Waals surface area contributed by atoms with Gasteiger partial charge in [-0.05, 0) is 24.8 Å². The molecule has 0 amide bonds. The molecule has 1 aromatic carbocycles. The lowest BCUT2D eigenvalue weighted by atomic mass is 9.91. The Bertz CT molecular complexity index is 642. The lowest BCUT2D eigenvalue weighted by Crippen LogP contribution is -2.28. The number of hydrogen-bond donors (Lipinski definition) is 1. The molecule has 1 saturated carbocycles. The summed E-state index contributed by atoms with van der Waals surface area (Å²) in [6.07, 6.45) is 3.56. The summed E-state index contributed by atoms with van der Waals surface area (Å²) in [5, 5.41) is 4.58. The predicted molar refractivity (Wildman–Crippen MR) is 93.2 cm³/mol. The summed E-state index contributed by atoms with van der Waals surface area (Å²) in [5.74, 6) is 0.601. The third-order valence-electron chi connectivity index (χ3n) is 4.56. The lowest BCUT2D eigenvalue weighted by molar-refractivity contribution is 0.0154. The minimum atomic E-state index is 0.0250. The van der Waals surface area contributed by atoms with Gasteiger partial charge in [0.05, 0.1) is 18.8 Å². The number of benzene rings is 1. The standard InChI is InChI=1S/C19H27N3O/c1-19(2,3)17-12-18(20)21-22(17)15-10-7-11-16(15)23-13-14-8-5-4-6-9-14/h4-6,8-9,12,15-16H,7,10-11,13H2,1-3H3,(H2,20,21)/t15?,16-/m1/s1. The van der Waals surface area contributed by atoms with Crippen LogP contribution in [0, 0.1) is 0 Å². The van der Waals surface area contributed by atoms with E-state index < -0.39 is 0 Å². The predicted octanol–water partition coefficient (Wildman–Crippen LogP) is 4.07. The first-order valence-corrected chi connectivity index (χ1v) is 8.46. The van der Waals surface area contributed by atoms with Crippen LogP contribution in [0.25, 0.3) is 0 Å². The summed E-state index contributed by atoms with van der Waals surface area (Å²) in [4.78, 5) is 0. The van der Waals surface area contributed by atoms with E-state index in [9.17, 15) is 0 Å². The van der Waals surface area contributed by atoms with Crippen molar-refractivity contribution in [3.05, 3.63) is 47.7 Å². The van der Waals surface area contributed by atoms with Crippen molar-refractivity contribution in [1.29, 1.82) is 0 Å². The molecule has 1 unspecified atom stereocenters. The minimum Gasteiger partial charge on any atom is -0.382 e. The van der Waals surface area contributed by atoms with Gasteiger partial charge in [-0.15, -0.1) is 0 Å². The van der Waals surface area contributed by atoms with E-state index >= 15 is 0 Å². The summed E-state index contributed by atoms with van der Waals surface area (Å²) in [6, 6.07) is 12.6. The van der Waals surface area contributed by atoms with Crippen molar-refractivity contribution >= 4 is 5.82 Å². The molecule has 2 atom stereocenters. The molecule has 23 heavy (non-hydrogen) atoms. The fourth-order valence-corrected chi connectivity index (χ4v) is 3.38.